The molecule has 2 rings (SSSR count). The molecule has 5 nitrogen and oxygen atoms in total. The van der Waals surface area contributed by atoms with Gasteiger partial charge in [-0.25, -0.2) is 4.98 Å². The van der Waals surface area contributed by atoms with E-state index in [1.807, 2.05) is 37.7 Å². The minimum Gasteiger partial charge on any atom is -0.435 e. The van der Waals surface area contributed by atoms with E-state index in [4.69, 9.17) is 4.74 Å². The van der Waals surface area contributed by atoms with E-state index in [0.29, 0.717) is 12.4 Å². The van der Waals surface area contributed by atoms with Crippen molar-refractivity contribution in [2.24, 2.45) is 7.05 Å². The van der Waals surface area contributed by atoms with Gasteiger partial charge in [-0.3, -0.25) is 4.68 Å². The zero-order valence-electron chi connectivity index (χ0n) is 13.7. The van der Waals surface area contributed by atoms with Crippen molar-refractivity contribution in [1.82, 2.24) is 20.1 Å². The van der Waals surface area contributed by atoms with Crippen molar-refractivity contribution >= 4 is 0 Å². The number of aryl methyl sites for hydroxylation is 2. The Labute approximate surface area is 126 Å². The number of hydrogen-bond donors (Lipinski definition) is 1. The summed E-state index contributed by atoms with van der Waals surface area (Å²) in [5, 5.41) is 7.83. The predicted molar refractivity (Wildman–Crippen MR) is 83.6 cm³/mol. The lowest BCUT2D eigenvalue weighted by Gasteiger charge is -2.21. The van der Waals surface area contributed by atoms with E-state index in [1.165, 1.54) is 0 Å². The van der Waals surface area contributed by atoms with Gasteiger partial charge in [-0.15, -0.1) is 0 Å². The molecule has 0 bridgehead atoms. The zero-order valence-corrected chi connectivity index (χ0v) is 13.7. The summed E-state index contributed by atoms with van der Waals surface area (Å²) in [6, 6.07) is 3.96. The van der Waals surface area contributed by atoms with Gasteiger partial charge in [-0.1, -0.05) is 6.07 Å². The minimum absolute atomic E-state index is 0.0489. The van der Waals surface area contributed by atoms with Crippen LogP contribution in [0.15, 0.2) is 18.3 Å². The molecule has 0 radical (unpaired) electrons. The number of rotatable bonds is 4. The summed E-state index contributed by atoms with van der Waals surface area (Å²) in [4.78, 5) is 4.37. The van der Waals surface area contributed by atoms with Crippen LogP contribution in [0.4, 0.5) is 0 Å². The number of aromatic nitrogens is 3. The van der Waals surface area contributed by atoms with Crippen molar-refractivity contribution < 1.29 is 4.74 Å². The van der Waals surface area contributed by atoms with Crippen molar-refractivity contribution in [3.05, 3.63) is 35.3 Å². The van der Waals surface area contributed by atoms with E-state index >= 15 is 0 Å². The first-order valence-electron chi connectivity index (χ1n) is 7.15. The number of pyridine rings is 1. The molecule has 2 heterocycles. The summed E-state index contributed by atoms with van der Waals surface area (Å²) in [5.41, 5.74) is 2.95. The molecule has 0 saturated carbocycles. The van der Waals surface area contributed by atoms with Gasteiger partial charge in [0.2, 0.25) is 5.88 Å². The molecule has 5 heteroatoms. The highest BCUT2D eigenvalue weighted by atomic mass is 16.5. The molecule has 114 valence electrons. The lowest BCUT2D eigenvalue weighted by atomic mass is 10.1. The Morgan fingerprint density at radius 3 is 2.57 bits per heavy atom. The van der Waals surface area contributed by atoms with Crippen LogP contribution in [0.2, 0.25) is 0 Å². The van der Waals surface area contributed by atoms with E-state index in [2.05, 4.69) is 36.2 Å². The Kier molecular flexibility index (Phi) is 4.32. The van der Waals surface area contributed by atoms with Crippen molar-refractivity contribution in [2.45, 2.75) is 46.7 Å². The Morgan fingerprint density at radius 2 is 2.00 bits per heavy atom. The number of ether oxygens (including phenoxy) is 1. The van der Waals surface area contributed by atoms with Gasteiger partial charge in [0.15, 0.2) is 5.75 Å². The SMILES string of the molecule is Cc1nn(C)c(C)c1Oc1ncccc1CNC(C)(C)C. The predicted octanol–water partition coefficient (Wildman–Crippen LogP) is 3.11. The fraction of sp³-hybridized carbons (Fsp3) is 0.500. The average Bonchev–Trinajstić information content (AvgIpc) is 2.63. The molecule has 21 heavy (non-hydrogen) atoms. The quantitative estimate of drug-likeness (QED) is 0.939. The second-order valence-corrected chi connectivity index (χ2v) is 6.30. The molecule has 0 saturated heterocycles. The van der Waals surface area contributed by atoms with Crippen LogP contribution in [-0.4, -0.2) is 20.3 Å². The topological polar surface area (TPSA) is 52.0 Å². The maximum Gasteiger partial charge on any atom is 0.223 e. The first-order chi connectivity index (χ1) is 9.78. The number of hydrogen-bond acceptors (Lipinski definition) is 4. The van der Waals surface area contributed by atoms with Gasteiger partial charge in [-0.05, 0) is 40.7 Å². The summed E-state index contributed by atoms with van der Waals surface area (Å²) >= 11 is 0. The highest BCUT2D eigenvalue weighted by Crippen LogP contribution is 2.28. The molecule has 0 atom stereocenters. The van der Waals surface area contributed by atoms with Crippen LogP contribution in [0.5, 0.6) is 11.6 Å². The molecule has 0 fully saturated rings. The van der Waals surface area contributed by atoms with Gasteiger partial charge in [0.25, 0.3) is 0 Å². The van der Waals surface area contributed by atoms with Crippen LogP contribution in [0.1, 0.15) is 37.7 Å². The molecule has 0 unspecified atom stereocenters. The summed E-state index contributed by atoms with van der Waals surface area (Å²) in [6.45, 7) is 11.1. The largest absolute Gasteiger partial charge is 0.435 e. The van der Waals surface area contributed by atoms with Crippen LogP contribution in [0.25, 0.3) is 0 Å². The van der Waals surface area contributed by atoms with Crippen LogP contribution in [0.3, 0.4) is 0 Å². The molecule has 0 aromatic carbocycles. The fourth-order valence-corrected chi connectivity index (χ4v) is 2.01. The van der Waals surface area contributed by atoms with E-state index in [9.17, 15) is 0 Å². The Bertz CT molecular complexity index is 626. The number of nitrogens with one attached hydrogen (secondary N) is 1. The molecular weight excluding hydrogens is 264 g/mol. The molecule has 0 amide bonds. The Hall–Kier alpha value is -1.88. The van der Waals surface area contributed by atoms with Crippen molar-refractivity contribution in [3.63, 3.8) is 0 Å². The summed E-state index contributed by atoms with van der Waals surface area (Å²) in [6.07, 6.45) is 1.75. The first kappa shape index (κ1) is 15.5. The monoisotopic (exact) mass is 288 g/mol. The lowest BCUT2D eigenvalue weighted by Crippen LogP contribution is -2.35. The standard InChI is InChI=1S/C16H24N4O/c1-11-14(12(2)20(6)19-11)21-15-13(8-7-9-17-15)10-18-16(3,4)5/h7-9,18H,10H2,1-6H3. The van der Waals surface area contributed by atoms with Crippen LogP contribution < -0.4 is 10.1 Å². The van der Waals surface area contributed by atoms with Crippen LogP contribution in [-0.2, 0) is 13.6 Å². The van der Waals surface area contributed by atoms with Crippen molar-refractivity contribution in [2.75, 3.05) is 0 Å². The molecule has 0 aliphatic heterocycles. The second kappa shape index (κ2) is 5.85. The van der Waals surface area contributed by atoms with Gasteiger partial charge in [0, 0.05) is 30.9 Å². The molecule has 2 aromatic heterocycles. The van der Waals surface area contributed by atoms with Gasteiger partial charge in [0.05, 0.1) is 5.69 Å². The van der Waals surface area contributed by atoms with Gasteiger partial charge in [-0.2, -0.15) is 5.10 Å². The average molecular weight is 288 g/mol. The van der Waals surface area contributed by atoms with E-state index in [1.54, 1.807) is 6.20 Å². The molecule has 0 spiro atoms. The summed E-state index contributed by atoms with van der Waals surface area (Å²) in [5.74, 6) is 1.42. The third-order valence-corrected chi connectivity index (χ3v) is 3.30. The van der Waals surface area contributed by atoms with Crippen LogP contribution in [0, 0.1) is 13.8 Å². The maximum atomic E-state index is 6.02. The lowest BCUT2D eigenvalue weighted by molar-refractivity contribution is 0.407. The van der Waals surface area contributed by atoms with Gasteiger partial charge >= 0.3 is 0 Å². The molecule has 0 aliphatic rings. The maximum absolute atomic E-state index is 6.02. The van der Waals surface area contributed by atoms with E-state index in [-0.39, 0.29) is 5.54 Å². The van der Waals surface area contributed by atoms with Crippen LogP contribution >= 0.6 is 0 Å². The Morgan fingerprint density at radius 1 is 1.29 bits per heavy atom. The van der Waals surface area contributed by atoms with Gasteiger partial charge in [0.1, 0.15) is 5.69 Å². The summed E-state index contributed by atoms with van der Waals surface area (Å²) in [7, 11) is 1.91. The normalized spacial score (nSPS) is 11.7. The van der Waals surface area contributed by atoms with Crippen molar-refractivity contribution in [1.29, 1.82) is 0 Å². The Balaban J connectivity index is 2.24. The van der Waals surface area contributed by atoms with E-state index < -0.39 is 0 Å². The summed E-state index contributed by atoms with van der Waals surface area (Å²) < 4.78 is 7.84. The third kappa shape index (κ3) is 3.82. The minimum atomic E-state index is 0.0489. The molecule has 2 aromatic rings. The second-order valence-electron chi connectivity index (χ2n) is 6.30. The first-order valence-corrected chi connectivity index (χ1v) is 7.15. The highest BCUT2D eigenvalue weighted by molar-refractivity contribution is 5.37. The molecular formula is C16H24N4O. The van der Waals surface area contributed by atoms with E-state index in [0.717, 1.165) is 22.7 Å². The highest BCUT2D eigenvalue weighted by Gasteiger charge is 2.16. The number of nitrogens with zero attached hydrogens (tertiary/aromatic N) is 3. The zero-order chi connectivity index (χ0) is 15.6. The molecule has 0 aliphatic carbocycles. The van der Waals surface area contributed by atoms with Crippen molar-refractivity contribution in [3.8, 4) is 11.6 Å². The fourth-order valence-electron chi connectivity index (χ4n) is 2.01. The molecule has 1 N–H and O–H groups in total. The smallest absolute Gasteiger partial charge is 0.223 e. The third-order valence-electron chi connectivity index (χ3n) is 3.30. The van der Waals surface area contributed by atoms with Gasteiger partial charge < -0.3 is 10.1 Å².